The maximum absolute atomic E-state index is 13.3. The lowest BCUT2D eigenvalue weighted by Crippen LogP contribution is -2.53. The molecule has 1 aromatic carbocycles. The van der Waals surface area contributed by atoms with E-state index in [0.717, 1.165) is 39.0 Å². The largest absolute Gasteiger partial charge is 0.493 e. The number of carbonyl (C=O) groups is 2. The summed E-state index contributed by atoms with van der Waals surface area (Å²) < 4.78 is 11.4. The average Bonchev–Trinajstić information content (AvgIpc) is 3.32. The van der Waals surface area contributed by atoms with Gasteiger partial charge in [0.15, 0.2) is 5.69 Å². The SMILES string of the molecule is CCc1cc(C(=O)N2CCCC(COc3cccc(Cl)c3)(CC(=O)N3CCN(C)CC3)C2)no1. The Bertz CT molecular complexity index is 1000. The molecule has 1 unspecified atom stereocenters. The fourth-order valence-electron chi connectivity index (χ4n) is 4.72. The molecule has 1 atom stereocenters. The second-order valence-corrected chi connectivity index (χ2v) is 9.91. The van der Waals surface area contributed by atoms with Crippen LogP contribution in [0, 0.1) is 5.41 Å². The highest BCUT2D eigenvalue weighted by Gasteiger charge is 2.41. The molecule has 34 heavy (non-hydrogen) atoms. The van der Waals surface area contributed by atoms with Crippen molar-refractivity contribution in [3.05, 3.63) is 46.8 Å². The number of carbonyl (C=O) groups excluding carboxylic acids is 2. The normalized spacial score (nSPS) is 21.5. The predicted molar refractivity (Wildman–Crippen MR) is 129 cm³/mol. The number of ether oxygens (including phenoxy) is 1. The van der Waals surface area contributed by atoms with Gasteiger partial charge in [-0.1, -0.05) is 29.7 Å². The first-order valence-electron chi connectivity index (χ1n) is 12.0. The number of amides is 2. The van der Waals surface area contributed by atoms with Crippen molar-refractivity contribution in [3.8, 4) is 5.75 Å². The van der Waals surface area contributed by atoms with Crippen LogP contribution in [-0.2, 0) is 11.2 Å². The summed E-state index contributed by atoms with van der Waals surface area (Å²) in [5.74, 6) is 1.29. The van der Waals surface area contributed by atoms with Crippen molar-refractivity contribution in [2.24, 2.45) is 5.41 Å². The highest BCUT2D eigenvalue weighted by atomic mass is 35.5. The predicted octanol–water partition coefficient (Wildman–Crippen LogP) is 3.36. The molecule has 2 aliphatic heterocycles. The number of likely N-dealkylation sites (tertiary alicyclic amines) is 1. The zero-order valence-corrected chi connectivity index (χ0v) is 20.7. The van der Waals surface area contributed by atoms with Crippen molar-refractivity contribution >= 4 is 23.4 Å². The van der Waals surface area contributed by atoms with Gasteiger partial charge in [-0.15, -0.1) is 0 Å². The molecule has 2 aliphatic rings. The minimum Gasteiger partial charge on any atom is -0.493 e. The molecule has 2 aromatic rings. The number of aryl methyl sites for hydroxylation is 1. The van der Waals surface area contributed by atoms with E-state index < -0.39 is 5.41 Å². The second-order valence-electron chi connectivity index (χ2n) is 9.47. The van der Waals surface area contributed by atoms with Crippen LogP contribution in [-0.4, -0.2) is 84.6 Å². The number of nitrogens with zero attached hydrogens (tertiary/aromatic N) is 4. The minimum absolute atomic E-state index is 0.117. The molecule has 2 amide bonds. The molecule has 4 rings (SSSR count). The lowest BCUT2D eigenvalue weighted by atomic mass is 9.77. The van der Waals surface area contributed by atoms with E-state index in [9.17, 15) is 9.59 Å². The Morgan fingerprint density at radius 2 is 1.94 bits per heavy atom. The van der Waals surface area contributed by atoms with Crippen LogP contribution in [0.25, 0.3) is 0 Å². The Hall–Kier alpha value is -2.58. The molecule has 1 aromatic heterocycles. The van der Waals surface area contributed by atoms with Crippen LogP contribution in [0.5, 0.6) is 5.75 Å². The Morgan fingerprint density at radius 1 is 1.15 bits per heavy atom. The Kier molecular flexibility index (Phi) is 7.78. The third kappa shape index (κ3) is 5.91. The summed E-state index contributed by atoms with van der Waals surface area (Å²) in [6.45, 7) is 6.52. The summed E-state index contributed by atoms with van der Waals surface area (Å²) in [6, 6.07) is 8.97. The number of piperidine rings is 1. The Labute approximate surface area is 205 Å². The number of hydrogen-bond acceptors (Lipinski definition) is 6. The van der Waals surface area contributed by atoms with Gasteiger partial charge in [0.05, 0.1) is 6.61 Å². The lowest BCUT2D eigenvalue weighted by Gasteiger charge is -2.43. The molecule has 3 heterocycles. The molecule has 0 spiro atoms. The summed E-state index contributed by atoms with van der Waals surface area (Å²) in [5, 5.41) is 4.56. The van der Waals surface area contributed by atoms with Crippen LogP contribution in [0.1, 0.15) is 42.4 Å². The first-order valence-corrected chi connectivity index (χ1v) is 12.3. The van der Waals surface area contributed by atoms with Gasteiger partial charge < -0.3 is 24.0 Å². The third-order valence-corrected chi connectivity index (χ3v) is 7.03. The summed E-state index contributed by atoms with van der Waals surface area (Å²) in [7, 11) is 2.07. The van der Waals surface area contributed by atoms with E-state index in [1.54, 1.807) is 23.1 Å². The number of likely N-dealkylation sites (N-methyl/N-ethyl adjacent to an activating group) is 1. The number of hydrogen-bond donors (Lipinski definition) is 0. The summed E-state index contributed by atoms with van der Waals surface area (Å²) >= 11 is 6.13. The van der Waals surface area contributed by atoms with Gasteiger partial charge >= 0.3 is 0 Å². The van der Waals surface area contributed by atoms with E-state index in [1.807, 2.05) is 24.0 Å². The van der Waals surface area contributed by atoms with Crippen LogP contribution < -0.4 is 4.74 Å². The van der Waals surface area contributed by atoms with E-state index >= 15 is 0 Å². The van der Waals surface area contributed by atoms with Crippen molar-refractivity contribution in [2.45, 2.75) is 32.6 Å². The topological polar surface area (TPSA) is 79.1 Å². The van der Waals surface area contributed by atoms with E-state index in [4.69, 9.17) is 20.9 Å². The van der Waals surface area contributed by atoms with Crippen LogP contribution >= 0.6 is 11.6 Å². The van der Waals surface area contributed by atoms with Gasteiger partial charge in [0.2, 0.25) is 5.91 Å². The van der Waals surface area contributed by atoms with Crippen LogP contribution in [0.15, 0.2) is 34.9 Å². The van der Waals surface area contributed by atoms with E-state index in [1.165, 1.54) is 0 Å². The minimum atomic E-state index is -0.492. The zero-order chi connectivity index (χ0) is 24.1. The molecule has 0 bridgehead atoms. The van der Waals surface area contributed by atoms with Gasteiger partial charge in [0.25, 0.3) is 5.91 Å². The summed E-state index contributed by atoms with van der Waals surface area (Å²) in [6.07, 6.45) is 2.60. The smallest absolute Gasteiger partial charge is 0.276 e. The number of benzene rings is 1. The van der Waals surface area contributed by atoms with Gasteiger partial charge in [-0.05, 0) is 38.1 Å². The molecule has 0 N–H and O–H groups in total. The van der Waals surface area contributed by atoms with Crippen molar-refractivity contribution in [3.63, 3.8) is 0 Å². The van der Waals surface area contributed by atoms with Crippen molar-refractivity contribution < 1.29 is 18.8 Å². The van der Waals surface area contributed by atoms with Gasteiger partial charge in [0.1, 0.15) is 11.5 Å². The van der Waals surface area contributed by atoms with Crippen LogP contribution in [0.3, 0.4) is 0 Å². The van der Waals surface area contributed by atoms with Gasteiger partial charge in [0, 0.05) is 68.6 Å². The third-order valence-electron chi connectivity index (χ3n) is 6.80. The second kappa shape index (κ2) is 10.8. The Balaban J connectivity index is 1.51. The standard InChI is InChI=1S/C25H33ClN4O4/c1-3-20-15-22(27-34-20)24(32)30-9-5-8-25(17-30,18-33-21-7-4-6-19(26)14-21)16-23(31)29-12-10-28(2)11-13-29/h4,6-7,14-15H,3,5,8-13,16-18H2,1-2H3. The first kappa shape index (κ1) is 24.5. The van der Waals surface area contributed by atoms with Crippen LogP contribution in [0.2, 0.25) is 5.02 Å². The van der Waals surface area contributed by atoms with Crippen molar-refractivity contribution in [1.29, 1.82) is 0 Å². The zero-order valence-electron chi connectivity index (χ0n) is 20.0. The molecular formula is C25H33ClN4O4. The molecule has 184 valence electrons. The average molecular weight is 489 g/mol. The van der Waals surface area contributed by atoms with E-state index in [0.29, 0.717) is 54.8 Å². The fraction of sp³-hybridized carbons (Fsp3) is 0.560. The molecule has 0 radical (unpaired) electrons. The van der Waals surface area contributed by atoms with Gasteiger partial charge in [-0.3, -0.25) is 9.59 Å². The molecule has 2 fully saturated rings. The number of aromatic nitrogens is 1. The van der Waals surface area contributed by atoms with E-state index in [2.05, 4.69) is 17.1 Å². The highest BCUT2D eigenvalue weighted by molar-refractivity contribution is 6.30. The maximum Gasteiger partial charge on any atom is 0.276 e. The Morgan fingerprint density at radius 3 is 2.65 bits per heavy atom. The first-order chi connectivity index (χ1) is 16.4. The molecule has 9 heteroatoms. The number of rotatable bonds is 7. The van der Waals surface area contributed by atoms with Gasteiger partial charge in [-0.2, -0.15) is 0 Å². The molecule has 8 nitrogen and oxygen atoms in total. The van der Waals surface area contributed by atoms with Crippen LogP contribution in [0.4, 0.5) is 0 Å². The van der Waals surface area contributed by atoms with E-state index in [-0.39, 0.29) is 11.8 Å². The maximum atomic E-state index is 13.3. The molecule has 2 saturated heterocycles. The molecule has 0 aliphatic carbocycles. The summed E-state index contributed by atoms with van der Waals surface area (Å²) in [5.41, 5.74) is -0.178. The lowest BCUT2D eigenvalue weighted by molar-refractivity contribution is -0.137. The highest BCUT2D eigenvalue weighted by Crippen LogP contribution is 2.36. The number of halogens is 1. The fourth-order valence-corrected chi connectivity index (χ4v) is 4.90. The summed E-state index contributed by atoms with van der Waals surface area (Å²) in [4.78, 5) is 32.5. The molecule has 0 saturated carbocycles. The monoisotopic (exact) mass is 488 g/mol. The molecular weight excluding hydrogens is 456 g/mol. The van der Waals surface area contributed by atoms with Crippen molar-refractivity contribution in [1.82, 2.24) is 19.9 Å². The van der Waals surface area contributed by atoms with Gasteiger partial charge in [-0.25, -0.2) is 0 Å². The van der Waals surface area contributed by atoms with Crippen molar-refractivity contribution in [2.75, 3.05) is 52.9 Å². The number of piperazine rings is 1. The quantitative estimate of drug-likeness (QED) is 0.594.